The van der Waals surface area contributed by atoms with Crippen molar-refractivity contribution in [3.05, 3.63) is 58.0 Å². The summed E-state index contributed by atoms with van der Waals surface area (Å²) in [5.41, 5.74) is 0.0437. The van der Waals surface area contributed by atoms with E-state index < -0.39 is 39.6 Å². The van der Waals surface area contributed by atoms with Crippen molar-refractivity contribution >= 4 is 16.1 Å². The van der Waals surface area contributed by atoms with Gasteiger partial charge in [-0.15, -0.1) is 0 Å². The molecule has 0 unspecified atom stereocenters. The second kappa shape index (κ2) is 7.15. The van der Waals surface area contributed by atoms with Crippen LogP contribution < -0.4 is 9.74 Å². The zero-order valence-electron chi connectivity index (χ0n) is 14.7. The Morgan fingerprint density at radius 1 is 1.22 bits per heavy atom. The maximum absolute atomic E-state index is 13.1. The molecule has 9 heteroatoms. The highest BCUT2D eigenvalue weighted by Gasteiger charge is 2.32. The van der Waals surface area contributed by atoms with E-state index in [-0.39, 0.29) is 23.3 Å². The highest BCUT2D eigenvalue weighted by atomic mass is 32.2. The van der Waals surface area contributed by atoms with Crippen LogP contribution in [-0.2, 0) is 14.9 Å². The fourth-order valence-corrected chi connectivity index (χ4v) is 3.71. The Morgan fingerprint density at radius 2 is 1.85 bits per heavy atom. The Morgan fingerprint density at radius 3 is 2.41 bits per heavy atom. The van der Waals surface area contributed by atoms with Gasteiger partial charge in [-0.05, 0) is 31.9 Å². The van der Waals surface area contributed by atoms with Gasteiger partial charge in [-0.2, -0.15) is 8.42 Å². The smallest absolute Gasteiger partial charge is 0.343 e. The molecule has 1 aromatic heterocycles. The number of hydrogen-bond acceptors (Lipinski definition) is 6. The van der Waals surface area contributed by atoms with E-state index in [9.17, 15) is 22.4 Å². The lowest BCUT2D eigenvalue weighted by Gasteiger charge is -2.31. The molecule has 3 rings (SSSR count). The van der Waals surface area contributed by atoms with E-state index in [1.54, 1.807) is 19.1 Å². The third-order valence-electron chi connectivity index (χ3n) is 4.41. The van der Waals surface area contributed by atoms with Gasteiger partial charge in [-0.25, -0.2) is 9.18 Å². The molecule has 1 heterocycles. The molecule has 1 aromatic carbocycles. The molecule has 2 aromatic rings. The highest BCUT2D eigenvalue weighted by Crippen LogP contribution is 2.34. The maximum Gasteiger partial charge on any atom is 0.343 e. The molecule has 0 atom stereocenters. The molecule has 0 saturated heterocycles. The van der Waals surface area contributed by atoms with Crippen molar-refractivity contribution in [1.82, 2.24) is 4.57 Å². The van der Waals surface area contributed by atoms with E-state index in [2.05, 4.69) is 4.74 Å². The Hall–Kier alpha value is -2.68. The average molecular weight is 395 g/mol. The predicted octanol–water partition coefficient (Wildman–Crippen LogP) is 2.38. The SMILES string of the molecule is COC(=O)c1cn(C2CC(F)C2)c(=O)cc1OS(=O)(=O)c1ccc(C)cc1. The second-order valence-electron chi connectivity index (χ2n) is 6.36. The summed E-state index contributed by atoms with van der Waals surface area (Å²) < 4.78 is 49.0. The number of methoxy groups -OCH3 is 1. The fraction of sp³-hybridized carbons (Fsp3) is 0.333. The minimum absolute atomic E-state index is 0.118. The first-order chi connectivity index (χ1) is 12.7. The Bertz CT molecular complexity index is 1020. The van der Waals surface area contributed by atoms with Crippen molar-refractivity contribution in [2.75, 3.05) is 7.11 Å². The molecule has 1 fully saturated rings. The van der Waals surface area contributed by atoms with Crippen LogP contribution in [0.2, 0.25) is 0 Å². The van der Waals surface area contributed by atoms with Gasteiger partial charge < -0.3 is 13.5 Å². The van der Waals surface area contributed by atoms with Gasteiger partial charge in [-0.1, -0.05) is 17.7 Å². The van der Waals surface area contributed by atoms with Crippen LogP contribution in [0.4, 0.5) is 4.39 Å². The lowest BCUT2D eigenvalue weighted by molar-refractivity contribution is 0.0596. The number of aromatic nitrogens is 1. The van der Waals surface area contributed by atoms with Crippen LogP contribution in [-0.4, -0.2) is 32.2 Å². The number of carbonyl (C=O) groups excluding carboxylic acids is 1. The molecule has 144 valence electrons. The van der Waals surface area contributed by atoms with Crippen molar-refractivity contribution in [2.24, 2.45) is 0 Å². The minimum atomic E-state index is -4.26. The molecule has 0 amide bonds. The first kappa shape index (κ1) is 19.1. The third kappa shape index (κ3) is 3.87. The largest absolute Gasteiger partial charge is 0.465 e. The molecule has 0 bridgehead atoms. The quantitative estimate of drug-likeness (QED) is 0.570. The number of aryl methyl sites for hydroxylation is 1. The Kier molecular flexibility index (Phi) is 5.05. The predicted molar refractivity (Wildman–Crippen MR) is 94.2 cm³/mol. The van der Waals surface area contributed by atoms with Crippen molar-refractivity contribution < 1.29 is 26.5 Å². The van der Waals surface area contributed by atoms with Crippen molar-refractivity contribution in [1.29, 1.82) is 0 Å². The zero-order chi connectivity index (χ0) is 19.8. The summed E-state index contributed by atoms with van der Waals surface area (Å²) in [5.74, 6) is -1.30. The average Bonchev–Trinajstić information content (AvgIpc) is 2.59. The normalized spacial score (nSPS) is 19.2. The number of ether oxygens (including phenoxy) is 1. The molecule has 1 saturated carbocycles. The Labute approximate surface area is 155 Å². The number of alkyl halides is 1. The number of pyridine rings is 1. The molecular weight excluding hydrogens is 377 g/mol. The van der Waals surface area contributed by atoms with Gasteiger partial charge in [0.1, 0.15) is 16.6 Å². The number of esters is 1. The summed E-state index contributed by atoms with van der Waals surface area (Å²) in [4.78, 5) is 24.3. The van der Waals surface area contributed by atoms with Crippen LogP contribution in [0.5, 0.6) is 5.75 Å². The number of nitrogens with zero attached hydrogens (tertiary/aromatic N) is 1. The van der Waals surface area contributed by atoms with E-state index in [4.69, 9.17) is 4.18 Å². The molecule has 0 spiro atoms. The molecule has 27 heavy (non-hydrogen) atoms. The van der Waals surface area contributed by atoms with Crippen LogP contribution in [0.3, 0.4) is 0 Å². The molecule has 1 aliphatic carbocycles. The summed E-state index contributed by atoms with van der Waals surface area (Å²) in [6, 6.07) is 6.43. The monoisotopic (exact) mass is 395 g/mol. The van der Waals surface area contributed by atoms with Gasteiger partial charge in [0.05, 0.1) is 7.11 Å². The standard InChI is InChI=1S/C18H18FNO6S/c1-11-3-5-14(6-4-11)27(23,24)26-16-9-17(21)20(13-7-12(19)8-13)10-15(16)18(22)25-2/h3-6,9-10,12-13H,7-8H2,1-2H3. The number of hydrogen-bond donors (Lipinski definition) is 0. The lowest BCUT2D eigenvalue weighted by atomic mass is 9.90. The van der Waals surface area contributed by atoms with Gasteiger partial charge in [0.25, 0.3) is 5.56 Å². The van der Waals surface area contributed by atoms with E-state index in [1.165, 1.54) is 16.7 Å². The Balaban J connectivity index is 2.01. The number of halogens is 1. The van der Waals surface area contributed by atoms with Crippen LogP contribution in [0.1, 0.15) is 34.8 Å². The summed E-state index contributed by atoms with van der Waals surface area (Å²) in [5, 5.41) is 0. The molecule has 0 radical (unpaired) electrons. The van der Waals surface area contributed by atoms with Gasteiger partial charge >= 0.3 is 16.1 Å². The molecule has 0 N–H and O–H groups in total. The van der Waals surface area contributed by atoms with Gasteiger partial charge in [0.2, 0.25) is 0 Å². The maximum atomic E-state index is 13.1. The molecule has 7 nitrogen and oxygen atoms in total. The number of rotatable bonds is 5. The van der Waals surface area contributed by atoms with E-state index >= 15 is 0 Å². The van der Waals surface area contributed by atoms with Crippen molar-refractivity contribution in [3.8, 4) is 5.75 Å². The van der Waals surface area contributed by atoms with Gasteiger partial charge in [-0.3, -0.25) is 4.79 Å². The highest BCUT2D eigenvalue weighted by molar-refractivity contribution is 7.87. The fourth-order valence-electron chi connectivity index (χ4n) is 2.77. The van der Waals surface area contributed by atoms with Crippen molar-refractivity contribution in [3.63, 3.8) is 0 Å². The summed E-state index contributed by atoms with van der Waals surface area (Å²) in [6.07, 6.45) is 0.469. The van der Waals surface area contributed by atoms with Crippen molar-refractivity contribution in [2.45, 2.75) is 36.9 Å². The second-order valence-corrected chi connectivity index (χ2v) is 7.91. The number of carbonyl (C=O) groups is 1. The summed E-state index contributed by atoms with van der Waals surface area (Å²) in [6.45, 7) is 1.80. The molecule has 1 aliphatic rings. The van der Waals surface area contributed by atoms with Gasteiger partial charge in [0, 0.05) is 18.3 Å². The summed E-state index contributed by atoms with van der Waals surface area (Å²) in [7, 11) is -3.14. The molecule has 0 aliphatic heterocycles. The summed E-state index contributed by atoms with van der Waals surface area (Å²) >= 11 is 0. The zero-order valence-corrected chi connectivity index (χ0v) is 15.5. The first-order valence-electron chi connectivity index (χ1n) is 8.21. The van der Waals surface area contributed by atoms with Crippen LogP contribution in [0.15, 0.2) is 46.2 Å². The topological polar surface area (TPSA) is 91.7 Å². The lowest BCUT2D eigenvalue weighted by Crippen LogP contribution is -2.35. The van der Waals surface area contributed by atoms with Gasteiger partial charge in [0.15, 0.2) is 5.75 Å². The van der Waals surface area contributed by atoms with E-state index in [1.807, 2.05) is 0 Å². The van der Waals surface area contributed by atoms with E-state index in [0.29, 0.717) is 0 Å². The molecular formula is C18H18FNO6S. The first-order valence-corrected chi connectivity index (χ1v) is 9.62. The van der Waals surface area contributed by atoms with Crippen LogP contribution >= 0.6 is 0 Å². The van der Waals surface area contributed by atoms with Crippen LogP contribution in [0.25, 0.3) is 0 Å². The van der Waals surface area contributed by atoms with Crippen LogP contribution in [0, 0.1) is 6.92 Å². The third-order valence-corrected chi connectivity index (χ3v) is 5.65. The number of benzene rings is 1. The minimum Gasteiger partial charge on any atom is -0.465 e. The van der Waals surface area contributed by atoms with E-state index in [0.717, 1.165) is 24.9 Å².